The van der Waals surface area contributed by atoms with Crippen LogP contribution in [0.25, 0.3) is 33.6 Å². The molecule has 0 saturated carbocycles. The number of hydrogen-bond acceptors (Lipinski definition) is 7. The van der Waals surface area contributed by atoms with E-state index in [0.717, 1.165) is 70.0 Å². The van der Waals surface area contributed by atoms with E-state index in [1.165, 1.54) is 19.5 Å². The van der Waals surface area contributed by atoms with Gasteiger partial charge in [0.2, 0.25) is 5.91 Å². The van der Waals surface area contributed by atoms with E-state index in [0.29, 0.717) is 18.9 Å². The van der Waals surface area contributed by atoms with Gasteiger partial charge in [-0.1, -0.05) is 48.5 Å². The number of carbonyl (C=O) groups excluding carboxylic acids is 2. The molecule has 246 valence electrons. The molecule has 0 unspecified atom stereocenters. The molecule has 3 N–H and O–H groups in total. The molecule has 2 aromatic carbocycles. The number of hydrogen-bond donors (Lipinski definition) is 3. The van der Waals surface area contributed by atoms with Gasteiger partial charge in [0.15, 0.2) is 0 Å². The quantitative estimate of drug-likeness (QED) is 0.191. The second-order valence-corrected chi connectivity index (χ2v) is 12.3. The predicted molar refractivity (Wildman–Crippen MR) is 175 cm³/mol. The highest BCUT2D eigenvalue weighted by Crippen LogP contribution is 2.35. The van der Waals surface area contributed by atoms with Crippen molar-refractivity contribution in [3.8, 4) is 33.6 Å². The Kier molecular flexibility index (Phi) is 8.26. The maximum atomic E-state index is 13.1. The Bertz CT molecular complexity index is 1910. The molecule has 5 heterocycles. The molecule has 2 fully saturated rings. The van der Waals surface area contributed by atoms with Crippen LogP contribution in [0.2, 0.25) is 0 Å². The average Bonchev–Trinajstić information content (AvgIpc) is 3.96. The highest BCUT2D eigenvalue weighted by Gasteiger charge is 2.37. The summed E-state index contributed by atoms with van der Waals surface area (Å²) >= 11 is 0. The van der Waals surface area contributed by atoms with E-state index in [2.05, 4.69) is 61.3 Å². The van der Waals surface area contributed by atoms with Gasteiger partial charge in [0.1, 0.15) is 24.0 Å². The van der Waals surface area contributed by atoms with Gasteiger partial charge in [0.25, 0.3) is 5.89 Å². The summed E-state index contributed by atoms with van der Waals surface area (Å²) in [7, 11) is 1.41. The van der Waals surface area contributed by atoms with Crippen LogP contribution in [0.5, 0.6) is 0 Å². The Morgan fingerprint density at radius 2 is 1.31 bits per heavy atom. The molecule has 3 aromatic heterocycles. The molecular formula is C35H36N8O5. The van der Waals surface area contributed by atoms with Crippen LogP contribution in [0.3, 0.4) is 0 Å². The maximum absolute atomic E-state index is 13.1. The largest absolute Gasteiger partial charge is 0.465 e. The van der Waals surface area contributed by atoms with Crippen molar-refractivity contribution in [3.05, 3.63) is 90.9 Å². The van der Waals surface area contributed by atoms with Crippen LogP contribution in [0.4, 0.5) is 4.79 Å². The molecule has 0 aliphatic carbocycles. The Morgan fingerprint density at radius 3 is 1.81 bits per heavy atom. The first-order valence-corrected chi connectivity index (χ1v) is 16.1. The van der Waals surface area contributed by atoms with Gasteiger partial charge < -0.3 is 29.3 Å². The van der Waals surface area contributed by atoms with Crippen LogP contribution in [-0.4, -0.2) is 88.8 Å². The standard InChI is InChI=1S/C35H36N8O5/c1-21(41(2)35(46)47)33(44)42-16-3-5-28(42)30-37-19-26(39-30)24-11-7-22(8-12-24)23-9-13-25(14-10-23)27-20-38-31(40-27)29-6-4-17-43(29)34(45)32-36-15-18-48-32/h7-15,18-21,28-29H,3-6,16-17H2,1-2H3,(H,37,39)(H,38,40)(H,46,47)/t21-,28-,29-/m0/s1. The van der Waals surface area contributed by atoms with Crippen molar-refractivity contribution < 1.29 is 23.9 Å². The smallest absolute Gasteiger partial charge is 0.407 e. The van der Waals surface area contributed by atoms with Crippen molar-refractivity contribution in [1.82, 2.24) is 39.6 Å². The van der Waals surface area contributed by atoms with Crippen LogP contribution in [-0.2, 0) is 4.79 Å². The van der Waals surface area contributed by atoms with Crippen LogP contribution in [0.1, 0.15) is 67.0 Å². The number of nitrogens with one attached hydrogen (secondary N) is 2. The van der Waals surface area contributed by atoms with Gasteiger partial charge in [-0.15, -0.1) is 0 Å². The molecule has 0 radical (unpaired) electrons. The average molecular weight is 649 g/mol. The van der Waals surface area contributed by atoms with E-state index in [-0.39, 0.29) is 29.8 Å². The molecule has 13 nitrogen and oxygen atoms in total. The molecular weight excluding hydrogens is 612 g/mol. The summed E-state index contributed by atoms with van der Waals surface area (Å²) in [6, 6.07) is 15.3. The number of likely N-dealkylation sites (N-methyl/N-ethyl adjacent to an activating group) is 1. The second-order valence-electron chi connectivity index (χ2n) is 12.3. The number of likely N-dealkylation sites (tertiary alicyclic amines) is 2. The fourth-order valence-corrected chi connectivity index (χ4v) is 6.62. The second kappa shape index (κ2) is 12.8. The number of nitrogens with zero attached hydrogens (tertiary/aromatic N) is 6. The molecule has 3 amide bonds. The fraction of sp³-hybridized carbons (Fsp3) is 0.314. The summed E-state index contributed by atoms with van der Waals surface area (Å²) in [6.45, 7) is 2.81. The van der Waals surface area contributed by atoms with Gasteiger partial charge in [-0.3, -0.25) is 14.5 Å². The summed E-state index contributed by atoms with van der Waals surface area (Å²) in [5.41, 5.74) is 5.81. The van der Waals surface area contributed by atoms with Crippen molar-refractivity contribution in [2.75, 3.05) is 20.1 Å². The Morgan fingerprint density at radius 1 is 0.812 bits per heavy atom. The van der Waals surface area contributed by atoms with Crippen molar-refractivity contribution in [1.29, 1.82) is 0 Å². The first-order valence-electron chi connectivity index (χ1n) is 16.1. The van der Waals surface area contributed by atoms with E-state index < -0.39 is 12.1 Å². The first-order chi connectivity index (χ1) is 23.3. The number of aromatic nitrogens is 5. The molecule has 5 aromatic rings. The normalized spacial score (nSPS) is 18.3. The van der Waals surface area contributed by atoms with Crippen molar-refractivity contribution in [2.24, 2.45) is 0 Å². The lowest BCUT2D eigenvalue weighted by atomic mass is 10.0. The minimum atomic E-state index is -1.13. The van der Waals surface area contributed by atoms with Crippen LogP contribution in [0.15, 0.2) is 77.8 Å². The lowest BCUT2D eigenvalue weighted by Crippen LogP contribution is -2.47. The number of rotatable bonds is 8. The van der Waals surface area contributed by atoms with Crippen molar-refractivity contribution >= 4 is 17.9 Å². The molecule has 2 aliphatic rings. The number of carbonyl (C=O) groups is 3. The third-order valence-electron chi connectivity index (χ3n) is 9.45. The van der Waals surface area contributed by atoms with Gasteiger partial charge in [-0.25, -0.2) is 19.7 Å². The van der Waals surface area contributed by atoms with Gasteiger partial charge in [0, 0.05) is 20.1 Å². The van der Waals surface area contributed by atoms with Crippen molar-refractivity contribution in [3.63, 3.8) is 0 Å². The zero-order valence-electron chi connectivity index (χ0n) is 26.7. The highest BCUT2D eigenvalue weighted by molar-refractivity contribution is 5.90. The minimum Gasteiger partial charge on any atom is -0.465 e. The number of carboxylic acid groups (broad SMARTS) is 1. The number of amides is 3. The first kappa shape index (κ1) is 30.9. The van der Waals surface area contributed by atoms with E-state index in [1.807, 2.05) is 12.1 Å². The van der Waals surface area contributed by atoms with Gasteiger partial charge >= 0.3 is 12.0 Å². The zero-order chi connectivity index (χ0) is 33.4. The van der Waals surface area contributed by atoms with Gasteiger partial charge in [-0.2, -0.15) is 0 Å². The van der Waals surface area contributed by atoms with E-state index >= 15 is 0 Å². The minimum absolute atomic E-state index is 0.0921. The van der Waals surface area contributed by atoms with Crippen molar-refractivity contribution in [2.45, 2.75) is 50.7 Å². The van der Waals surface area contributed by atoms with E-state index in [9.17, 15) is 19.5 Å². The molecule has 2 aliphatic heterocycles. The topological polar surface area (TPSA) is 165 Å². The Labute approximate surface area is 276 Å². The lowest BCUT2D eigenvalue weighted by Gasteiger charge is -2.29. The molecule has 7 rings (SSSR count). The van der Waals surface area contributed by atoms with Gasteiger partial charge in [0.05, 0.1) is 42.1 Å². The SMILES string of the molecule is C[C@@H](C(=O)N1CCC[C@H]1c1ncc(-c2ccc(-c3ccc(-c4cnc([C@@H]5CCCN5C(=O)c5ncco5)[nH]4)cc3)cc2)[nH]1)N(C)C(=O)O. The predicted octanol–water partition coefficient (Wildman–Crippen LogP) is 5.76. The fourth-order valence-electron chi connectivity index (χ4n) is 6.62. The monoisotopic (exact) mass is 648 g/mol. The number of aromatic amines is 2. The van der Waals surface area contributed by atoms with E-state index in [1.54, 1.807) is 29.1 Å². The third kappa shape index (κ3) is 5.83. The number of oxazole rings is 1. The summed E-state index contributed by atoms with van der Waals surface area (Å²) in [5, 5.41) is 9.31. The van der Waals surface area contributed by atoms with Crippen LogP contribution < -0.4 is 0 Å². The third-order valence-corrected chi connectivity index (χ3v) is 9.45. The summed E-state index contributed by atoms with van der Waals surface area (Å²) in [6.07, 6.45) is 8.62. The molecule has 0 bridgehead atoms. The molecule has 13 heteroatoms. The summed E-state index contributed by atoms with van der Waals surface area (Å²) in [4.78, 5) is 61.9. The Balaban J connectivity index is 1.01. The molecule has 48 heavy (non-hydrogen) atoms. The highest BCUT2D eigenvalue weighted by atomic mass is 16.4. The molecule has 0 spiro atoms. The molecule has 3 atom stereocenters. The number of H-pyrrole nitrogens is 2. The number of benzene rings is 2. The van der Waals surface area contributed by atoms with Crippen LogP contribution in [0, 0.1) is 0 Å². The zero-order valence-corrected chi connectivity index (χ0v) is 26.7. The molecule has 2 saturated heterocycles. The maximum Gasteiger partial charge on any atom is 0.407 e. The number of imidazole rings is 2. The van der Waals surface area contributed by atoms with Gasteiger partial charge in [-0.05, 0) is 54.9 Å². The summed E-state index contributed by atoms with van der Waals surface area (Å²) < 4.78 is 5.23. The van der Waals surface area contributed by atoms with Crippen LogP contribution >= 0.6 is 0 Å². The Hall–Kier alpha value is -5.72. The lowest BCUT2D eigenvalue weighted by molar-refractivity contribution is -0.136. The summed E-state index contributed by atoms with van der Waals surface area (Å²) in [5.74, 6) is 1.09. The van der Waals surface area contributed by atoms with E-state index in [4.69, 9.17) is 4.42 Å².